The Hall–Kier alpha value is -16.0. The number of fused-ring (bicyclic) bond motifs is 12. The molecule has 0 bridgehead atoms. The summed E-state index contributed by atoms with van der Waals surface area (Å²) in [5.74, 6) is 3.34. The minimum absolute atomic E-state index is 0.295. The van der Waals surface area contributed by atoms with Gasteiger partial charge in [-0.2, -0.15) is 0 Å². The van der Waals surface area contributed by atoms with E-state index in [1.165, 1.54) is 101 Å². The molecule has 137 heavy (non-hydrogen) atoms. The zero-order valence-corrected chi connectivity index (χ0v) is 79.9. The number of nitrogens with zero attached hydrogens (tertiary/aromatic N) is 4. The van der Waals surface area contributed by atoms with Crippen molar-refractivity contribution in [1.29, 1.82) is 0 Å². The fourth-order valence-corrected chi connectivity index (χ4v) is 39.3. The maximum absolute atomic E-state index is 8.53. The van der Waals surface area contributed by atoms with Gasteiger partial charge in [-0.25, -0.2) is 0 Å². The number of para-hydroxylation sites is 6. The monoisotopic (exact) mass is 1800 g/mol. The van der Waals surface area contributed by atoms with Gasteiger partial charge in [-0.15, -0.1) is 0 Å². The van der Waals surface area contributed by atoms with Crippen molar-refractivity contribution >= 4 is 224 Å². The summed E-state index contributed by atoms with van der Waals surface area (Å²) in [5, 5.41) is 15.3. The van der Waals surface area contributed by atoms with Crippen LogP contribution >= 0.6 is 0 Å². The fraction of sp³-hybridized carbons (Fsp3) is 0.0400. The molecule has 0 radical (unpaired) electrons. The molecule has 26 rings (SSSR count). The first-order valence-electron chi connectivity index (χ1n) is 47.9. The Balaban J connectivity index is 0.812. The van der Waals surface area contributed by atoms with E-state index in [1.807, 2.05) is 0 Å². The minimum Gasteiger partial charge on any atom is -0.458 e. The summed E-state index contributed by atoms with van der Waals surface area (Å²) in [7, 11) is -10.1. The first kappa shape index (κ1) is 81.8. The SMILES string of the molecule is Cc1ccccc1N1c2cc3c(cc2B2c4cc5c(cc4Oc4cc([Si](c6ccccc6)(c6ccccc6)c6ccccc6)cc1c42)N(c1c(C)cccc1C)c1cc([Si](c2ccccc2)(c2ccccc2)c2ccccc2)cc2c1B5c1ccccc1O2)B1c2ccccc2N(c2ccccc2)c2cc([Si](c4ccccc4)(c4ccccc4)c4ccccc4)cc(c21)N3c1c(C)cccc1C. The number of aryl methyl sites for hydroxylation is 5. The molecular formula is C125H93B3N4O2Si3. The number of hydrogen-bond donors (Lipinski definition) is 0. The lowest BCUT2D eigenvalue weighted by atomic mass is 9.29. The lowest BCUT2D eigenvalue weighted by Crippen LogP contribution is -2.75. The van der Waals surface area contributed by atoms with Gasteiger partial charge in [-0.05, 0) is 247 Å². The quantitative estimate of drug-likeness (QED) is 0.0708. The summed E-state index contributed by atoms with van der Waals surface area (Å²) in [6.07, 6.45) is 0. The predicted molar refractivity (Wildman–Crippen MR) is 587 cm³/mol. The Bertz CT molecular complexity index is 7870. The normalized spacial score (nSPS) is 13.3. The molecule has 0 saturated carbocycles. The Morgan fingerprint density at radius 3 is 0.861 bits per heavy atom. The molecule has 0 amide bonds. The van der Waals surface area contributed by atoms with E-state index in [2.05, 4.69) is 527 Å². The number of ether oxygens (including phenoxy) is 2. The molecule has 0 aliphatic carbocycles. The molecule has 0 unspecified atom stereocenters. The van der Waals surface area contributed by atoms with Gasteiger partial charge in [-0.1, -0.05) is 394 Å². The number of anilines is 12. The third-order valence-electron chi connectivity index (χ3n) is 30.5. The third-order valence-corrected chi connectivity index (χ3v) is 44.8. The van der Waals surface area contributed by atoms with Gasteiger partial charge in [0, 0.05) is 62.9 Å². The van der Waals surface area contributed by atoms with E-state index in [9.17, 15) is 0 Å². The van der Waals surface area contributed by atoms with Crippen molar-refractivity contribution in [3.63, 3.8) is 0 Å². The van der Waals surface area contributed by atoms with Crippen molar-refractivity contribution in [2.75, 3.05) is 19.6 Å². The Morgan fingerprint density at radius 1 is 0.168 bits per heavy atom. The van der Waals surface area contributed by atoms with Gasteiger partial charge in [-0.3, -0.25) is 0 Å². The van der Waals surface area contributed by atoms with Gasteiger partial charge in [0.05, 0.1) is 11.4 Å². The standard InChI is InChI=1S/C125H93B3N4O2Si3/c1-84-44-36-39-71-108(84)130-110-82-111-105(126-102-69-37-40-72-109(102)129(89-49-16-6-17-50-89)113-74-99(75-114(121(113)126)131(111)124-85(2)45-42-46-86(124)3)135(90-51-18-7-19-52-90,91-53-20-8-21-54-91)92-55-22-9-23-56-92)80-104(110)128-107-81-106-112(83-118(107)134-120-79-100(76-115(130)122(120)128)136(93-57-24-10-25-58-93,94-59-26-11-27-60-94)95-61-28-12-29-62-95)132(125-87(4)47-43-48-88(125)5)116-77-101(78-119-123(116)127(106)103-70-38-41-73-117(103)133-119)137(96-63-30-13-31-64-96,97-65-32-14-33-66-97)98-67-34-15-35-68-98/h6-83H,1-5H3. The van der Waals surface area contributed by atoms with Gasteiger partial charge < -0.3 is 29.1 Å². The largest absolute Gasteiger partial charge is 0.458 e. The van der Waals surface area contributed by atoms with E-state index < -0.39 is 30.9 Å². The van der Waals surface area contributed by atoms with Gasteiger partial charge >= 0.3 is 0 Å². The lowest BCUT2D eigenvalue weighted by Gasteiger charge is -2.48. The van der Waals surface area contributed by atoms with E-state index in [-0.39, 0.29) is 13.4 Å². The van der Waals surface area contributed by atoms with E-state index in [1.54, 1.807) is 0 Å². The molecule has 6 nitrogen and oxygen atoms in total. The van der Waals surface area contributed by atoms with E-state index in [0.717, 1.165) is 130 Å². The van der Waals surface area contributed by atoms with Crippen molar-refractivity contribution in [3.05, 3.63) is 501 Å². The van der Waals surface area contributed by atoms with Crippen LogP contribution in [0.15, 0.2) is 473 Å². The van der Waals surface area contributed by atoms with Crippen LogP contribution in [0.3, 0.4) is 0 Å². The average molecular weight is 1800 g/mol. The van der Waals surface area contributed by atoms with Crippen molar-refractivity contribution in [1.82, 2.24) is 0 Å². The molecule has 6 aliphatic heterocycles. The summed E-state index contributed by atoms with van der Waals surface area (Å²) in [5.41, 5.74) is 29.7. The third kappa shape index (κ3) is 12.3. The number of rotatable bonds is 16. The summed E-state index contributed by atoms with van der Waals surface area (Å²) in [6, 6.07) is 181. The summed E-state index contributed by atoms with van der Waals surface area (Å²) < 4.78 is 16.3. The maximum atomic E-state index is 8.53. The summed E-state index contributed by atoms with van der Waals surface area (Å²) in [6.45, 7) is 10.5. The van der Waals surface area contributed by atoms with Crippen LogP contribution in [-0.4, -0.2) is 44.4 Å². The van der Waals surface area contributed by atoms with E-state index in [0.29, 0.717) is 0 Å². The van der Waals surface area contributed by atoms with Crippen molar-refractivity contribution in [2.24, 2.45) is 0 Å². The first-order chi connectivity index (χ1) is 67.6. The molecule has 0 saturated heterocycles. The second-order valence-electron chi connectivity index (χ2n) is 37.7. The second kappa shape index (κ2) is 32.4. The van der Waals surface area contributed by atoms with Crippen LogP contribution in [0.4, 0.5) is 68.2 Å². The Morgan fingerprint density at radius 2 is 0.453 bits per heavy atom. The van der Waals surface area contributed by atoms with Crippen molar-refractivity contribution < 1.29 is 9.47 Å². The van der Waals surface area contributed by atoms with Gasteiger partial charge in [0.1, 0.15) is 23.0 Å². The zero-order chi connectivity index (χ0) is 91.4. The van der Waals surface area contributed by atoms with Crippen LogP contribution in [0, 0.1) is 34.6 Å². The molecule has 0 N–H and O–H groups in total. The molecule has 0 aromatic heterocycles. The van der Waals surface area contributed by atoms with Crippen LogP contribution in [0.5, 0.6) is 23.0 Å². The molecule has 0 fully saturated rings. The summed E-state index contributed by atoms with van der Waals surface area (Å²) in [4.78, 5) is 10.7. The highest BCUT2D eigenvalue weighted by atomic mass is 28.3. The molecule has 6 heterocycles. The first-order valence-corrected chi connectivity index (χ1v) is 53.9. The zero-order valence-electron chi connectivity index (χ0n) is 76.9. The highest BCUT2D eigenvalue weighted by Gasteiger charge is 2.55. The van der Waals surface area contributed by atoms with Crippen LogP contribution in [0.1, 0.15) is 27.8 Å². The molecule has 0 atom stereocenters. The maximum Gasteiger partial charge on any atom is 0.256 e. The van der Waals surface area contributed by atoms with Crippen LogP contribution in [-0.2, 0) is 0 Å². The van der Waals surface area contributed by atoms with Gasteiger partial charge in [0.25, 0.3) is 20.1 Å². The summed E-state index contributed by atoms with van der Waals surface area (Å²) >= 11 is 0. The topological polar surface area (TPSA) is 31.4 Å². The lowest BCUT2D eigenvalue weighted by molar-refractivity contribution is 0.487. The molecule has 646 valence electrons. The highest BCUT2D eigenvalue weighted by molar-refractivity contribution is 7.22. The molecule has 12 heteroatoms. The minimum atomic E-state index is -3.44. The Kier molecular flexibility index (Phi) is 19.4. The van der Waals surface area contributed by atoms with Crippen molar-refractivity contribution in [3.8, 4) is 23.0 Å². The van der Waals surface area contributed by atoms with Crippen LogP contribution in [0.25, 0.3) is 0 Å². The van der Waals surface area contributed by atoms with E-state index >= 15 is 0 Å². The Labute approximate surface area is 805 Å². The van der Waals surface area contributed by atoms with Gasteiger partial charge in [0.2, 0.25) is 0 Å². The molecular weight excluding hydrogens is 1710 g/mol. The molecule has 6 aliphatic rings. The molecule has 20 aromatic rings. The van der Waals surface area contributed by atoms with Gasteiger partial charge in [0.15, 0.2) is 24.2 Å². The van der Waals surface area contributed by atoms with Crippen LogP contribution < -0.4 is 140 Å². The predicted octanol–water partition coefficient (Wildman–Crippen LogP) is 16.3. The number of benzene rings is 20. The smallest absolute Gasteiger partial charge is 0.256 e. The van der Waals surface area contributed by atoms with E-state index in [4.69, 9.17) is 9.47 Å². The molecule has 0 spiro atoms. The van der Waals surface area contributed by atoms with Crippen molar-refractivity contribution in [2.45, 2.75) is 34.6 Å². The fourth-order valence-electron chi connectivity index (χ4n) is 24.9. The molecule has 20 aromatic carbocycles. The average Bonchev–Trinajstić information content (AvgIpc) is 0.674. The second-order valence-corrected chi connectivity index (χ2v) is 49.2. The highest BCUT2D eigenvalue weighted by Crippen LogP contribution is 2.52. The number of hydrogen-bond acceptors (Lipinski definition) is 6. The van der Waals surface area contributed by atoms with Crippen LogP contribution in [0.2, 0.25) is 0 Å².